The molecule has 1 heterocycles. The van der Waals surface area contributed by atoms with E-state index >= 15 is 0 Å². The van der Waals surface area contributed by atoms with Crippen LogP contribution in [-0.4, -0.2) is 22.7 Å². The molecule has 1 amide bonds. The molecule has 26 heavy (non-hydrogen) atoms. The third kappa shape index (κ3) is 4.70. The molecule has 0 aliphatic carbocycles. The highest BCUT2D eigenvalue weighted by Crippen LogP contribution is 2.21. The lowest BCUT2D eigenvalue weighted by atomic mass is 10.0. The maximum Gasteiger partial charge on any atom is 0.258 e. The van der Waals surface area contributed by atoms with Crippen LogP contribution in [0, 0.1) is 0 Å². The molecule has 2 aromatic carbocycles. The van der Waals surface area contributed by atoms with E-state index in [-0.39, 0.29) is 18.6 Å². The number of ether oxygens (including phenoxy) is 1. The van der Waals surface area contributed by atoms with Crippen LogP contribution in [0.5, 0.6) is 5.75 Å². The number of carbonyl (C=O) groups is 1. The molecule has 0 aliphatic rings. The first-order chi connectivity index (χ1) is 12.7. The van der Waals surface area contributed by atoms with Crippen LogP contribution in [0.25, 0.3) is 11.5 Å². The van der Waals surface area contributed by atoms with E-state index in [1.165, 1.54) is 6.39 Å². The first kappa shape index (κ1) is 18.1. The number of aromatic nitrogens is 2. The average Bonchev–Trinajstić information content (AvgIpc) is 3.20. The number of rotatable bonds is 7. The van der Waals surface area contributed by atoms with E-state index < -0.39 is 0 Å². The molecule has 0 radical (unpaired) electrons. The molecule has 1 N–H and O–H groups in total. The molecule has 1 aromatic heterocycles. The van der Waals surface area contributed by atoms with Gasteiger partial charge >= 0.3 is 0 Å². The fourth-order valence-electron chi connectivity index (χ4n) is 2.49. The molecule has 134 valence electrons. The van der Waals surface area contributed by atoms with Crippen molar-refractivity contribution in [3.05, 3.63) is 65.0 Å². The van der Waals surface area contributed by atoms with Crippen LogP contribution < -0.4 is 10.1 Å². The Labute approximate surface area is 159 Å². The number of nitrogens with one attached hydrogen (secondary N) is 1. The highest BCUT2D eigenvalue weighted by Gasteiger charge is 2.13. The van der Waals surface area contributed by atoms with Crippen molar-refractivity contribution in [3.8, 4) is 17.2 Å². The van der Waals surface area contributed by atoms with Gasteiger partial charge < -0.3 is 14.5 Å². The Morgan fingerprint density at radius 2 is 1.92 bits per heavy atom. The number of hydrogen-bond donors (Lipinski definition) is 1. The predicted molar refractivity (Wildman–Crippen MR) is 101 cm³/mol. The van der Waals surface area contributed by atoms with Crippen LogP contribution in [0.4, 0.5) is 0 Å². The van der Waals surface area contributed by atoms with Gasteiger partial charge in [-0.1, -0.05) is 35.0 Å². The normalized spacial score (nSPS) is 11.8. The molecule has 0 bridgehead atoms. The summed E-state index contributed by atoms with van der Waals surface area (Å²) in [6.07, 6.45) is 2.08. The molecule has 3 rings (SSSR count). The molecule has 3 aromatic rings. The Morgan fingerprint density at radius 1 is 1.19 bits per heavy atom. The number of nitrogens with zero attached hydrogens (tertiary/aromatic N) is 2. The summed E-state index contributed by atoms with van der Waals surface area (Å²) in [7, 11) is 0. The van der Waals surface area contributed by atoms with Gasteiger partial charge in [-0.15, -0.1) is 10.2 Å². The third-order valence-corrected chi connectivity index (χ3v) is 4.38. The van der Waals surface area contributed by atoms with Gasteiger partial charge in [-0.25, -0.2) is 0 Å². The van der Waals surface area contributed by atoms with Gasteiger partial charge in [0.2, 0.25) is 12.3 Å². The second-order valence-electron chi connectivity index (χ2n) is 5.64. The topological polar surface area (TPSA) is 77.2 Å². The van der Waals surface area contributed by atoms with E-state index in [0.29, 0.717) is 11.6 Å². The summed E-state index contributed by atoms with van der Waals surface area (Å²) in [5.41, 5.74) is 1.86. The number of amides is 1. The summed E-state index contributed by atoms with van der Waals surface area (Å²) in [4.78, 5) is 12.2. The Kier molecular flexibility index (Phi) is 6.01. The quantitative estimate of drug-likeness (QED) is 0.626. The van der Waals surface area contributed by atoms with Crippen molar-refractivity contribution in [2.45, 2.75) is 19.4 Å². The molecular weight excluding hydrogens is 398 g/mol. The SMILES string of the molecule is CC[C@@H](NC(=O)COc1ccc(-c2nnco2)cc1)c1ccc(Br)cc1. The summed E-state index contributed by atoms with van der Waals surface area (Å²) < 4.78 is 11.7. The predicted octanol–water partition coefficient (Wildman–Crippen LogP) is 4.15. The van der Waals surface area contributed by atoms with Crippen LogP contribution in [0.3, 0.4) is 0 Å². The number of hydrogen-bond acceptors (Lipinski definition) is 5. The minimum Gasteiger partial charge on any atom is -0.484 e. The van der Waals surface area contributed by atoms with Crippen molar-refractivity contribution in [2.75, 3.05) is 6.61 Å². The average molecular weight is 416 g/mol. The van der Waals surface area contributed by atoms with Gasteiger partial charge in [0.05, 0.1) is 6.04 Å². The molecule has 0 fully saturated rings. The molecule has 6 nitrogen and oxygen atoms in total. The third-order valence-electron chi connectivity index (χ3n) is 3.85. The van der Waals surface area contributed by atoms with Gasteiger partial charge in [-0.3, -0.25) is 4.79 Å². The lowest BCUT2D eigenvalue weighted by Gasteiger charge is -2.18. The van der Waals surface area contributed by atoms with Crippen molar-refractivity contribution in [1.82, 2.24) is 15.5 Å². The van der Waals surface area contributed by atoms with E-state index in [9.17, 15) is 4.79 Å². The van der Waals surface area contributed by atoms with Crippen molar-refractivity contribution < 1.29 is 13.9 Å². The van der Waals surface area contributed by atoms with Gasteiger partial charge in [0, 0.05) is 10.0 Å². The summed E-state index contributed by atoms with van der Waals surface area (Å²) in [6.45, 7) is 1.98. The molecule has 0 saturated carbocycles. The first-order valence-electron chi connectivity index (χ1n) is 8.20. The van der Waals surface area contributed by atoms with Gasteiger partial charge in [-0.2, -0.15) is 0 Å². The maximum absolute atomic E-state index is 12.2. The molecule has 0 unspecified atom stereocenters. The Morgan fingerprint density at radius 3 is 2.54 bits per heavy atom. The zero-order valence-electron chi connectivity index (χ0n) is 14.2. The largest absolute Gasteiger partial charge is 0.484 e. The van der Waals surface area contributed by atoms with Crippen LogP contribution in [-0.2, 0) is 4.79 Å². The summed E-state index contributed by atoms with van der Waals surface area (Å²) in [5, 5.41) is 10.5. The van der Waals surface area contributed by atoms with Crippen molar-refractivity contribution in [1.29, 1.82) is 0 Å². The minimum atomic E-state index is -0.166. The summed E-state index contributed by atoms with van der Waals surface area (Å²) >= 11 is 3.42. The lowest BCUT2D eigenvalue weighted by Crippen LogP contribution is -2.32. The van der Waals surface area contributed by atoms with Gasteiger partial charge in [0.1, 0.15) is 5.75 Å². The number of carbonyl (C=O) groups excluding carboxylic acids is 1. The maximum atomic E-state index is 12.2. The smallest absolute Gasteiger partial charge is 0.258 e. The number of halogens is 1. The molecule has 0 saturated heterocycles. The van der Waals surface area contributed by atoms with E-state index in [0.717, 1.165) is 22.0 Å². The number of benzene rings is 2. The standard InChI is InChI=1S/C19H18BrN3O3/c1-2-17(13-3-7-15(20)8-4-13)22-18(24)11-25-16-9-5-14(6-10-16)19-23-21-12-26-19/h3-10,12,17H,2,11H2,1H3,(H,22,24)/t17-/m1/s1. The molecular formula is C19H18BrN3O3. The van der Waals surface area contributed by atoms with Crippen LogP contribution in [0.1, 0.15) is 24.9 Å². The minimum absolute atomic E-state index is 0.0425. The van der Waals surface area contributed by atoms with E-state index in [4.69, 9.17) is 9.15 Å². The monoisotopic (exact) mass is 415 g/mol. The van der Waals surface area contributed by atoms with Crippen molar-refractivity contribution in [2.24, 2.45) is 0 Å². The van der Waals surface area contributed by atoms with Gasteiger partial charge in [0.15, 0.2) is 6.61 Å². The van der Waals surface area contributed by atoms with E-state index in [1.807, 2.05) is 31.2 Å². The van der Waals surface area contributed by atoms with Crippen LogP contribution in [0.2, 0.25) is 0 Å². The highest BCUT2D eigenvalue weighted by atomic mass is 79.9. The fraction of sp³-hybridized carbons (Fsp3) is 0.211. The van der Waals surface area contributed by atoms with Crippen LogP contribution >= 0.6 is 15.9 Å². The fourth-order valence-corrected chi connectivity index (χ4v) is 2.76. The molecule has 0 spiro atoms. The zero-order chi connectivity index (χ0) is 18.4. The Bertz CT molecular complexity index is 833. The molecule has 0 aliphatic heterocycles. The molecule has 1 atom stereocenters. The highest BCUT2D eigenvalue weighted by molar-refractivity contribution is 9.10. The van der Waals surface area contributed by atoms with Gasteiger partial charge in [0.25, 0.3) is 5.91 Å². The van der Waals surface area contributed by atoms with Crippen LogP contribution in [0.15, 0.2) is 63.8 Å². The van der Waals surface area contributed by atoms with Crippen molar-refractivity contribution >= 4 is 21.8 Å². The van der Waals surface area contributed by atoms with Crippen molar-refractivity contribution in [3.63, 3.8) is 0 Å². The Hall–Kier alpha value is -2.67. The second kappa shape index (κ2) is 8.62. The Balaban J connectivity index is 1.54. The first-order valence-corrected chi connectivity index (χ1v) is 8.99. The lowest BCUT2D eigenvalue weighted by molar-refractivity contribution is -0.123. The van der Waals surface area contributed by atoms with E-state index in [2.05, 4.69) is 31.4 Å². The van der Waals surface area contributed by atoms with Gasteiger partial charge in [-0.05, 0) is 48.4 Å². The molecule has 7 heteroatoms. The zero-order valence-corrected chi connectivity index (χ0v) is 15.8. The second-order valence-corrected chi connectivity index (χ2v) is 6.55. The van der Waals surface area contributed by atoms with E-state index in [1.54, 1.807) is 24.3 Å². The summed E-state index contributed by atoms with van der Waals surface area (Å²) in [5.74, 6) is 0.871. The summed E-state index contributed by atoms with van der Waals surface area (Å²) in [6, 6.07) is 15.0.